The summed E-state index contributed by atoms with van der Waals surface area (Å²) in [6, 6.07) is 21.8. The molecule has 8 nitrogen and oxygen atoms in total. The third kappa shape index (κ3) is 5.48. The molecule has 0 radical (unpaired) electrons. The van der Waals surface area contributed by atoms with Gasteiger partial charge in [0.15, 0.2) is 0 Å². The lowest BCUT2D eigenvalue weighted by atomic mass is 10.0. The van der Waals surface area contributed by atoms with E-state index in [1.54, 1.807) is 0 Å². The molecule has 0 bridgehead atoms. The van der Waals surface area contributed by atoms with Crippen LogP contribution in [0.15, 0.2) is 72.9 Å². The Labute approximate surface area is 212 Å². The number of nitrogens with one attached hydrogen (secondary N) is 1. The Hall–Kier alpha value is -3.53. The molecule has 2 heterocycles. The normalized spacial score (nSPS) is 14.3. The molecule has 4 aromatic rings. The third-order valence-corrected chi connectivity index (χ3v) is 7.18. The van der Waals surface area contributed by atoms with Gasteiger partial charge in [-0.15, -0.1) is 0 Å². The molecule has 36 heavy (non-hydrogen) atoms. The lowest BCUT2D eigenvalue weighted by molar-refractivity contribution is 0.0342. The fraction of sp³-hybridized carbons (Fsp3) is 0.259. The Kier molecular flexibility index (Phi) is 7.41. The van der Waals surface area contributed by atoms with E-state index in [0.29, 0.717) is 18.2 Å². The first-order valence-corrected chi connectivity index (χ1v) is 13.2. The van der Waals surface area contributed by atoms with Crippen molar-refractivity contribution in [3.05, 3.63) is 78.5 Å². The molecular formula is C27H29N5O3S. The number of thiol groups is 1. The molecular weight excluding hydrogens is 474 g/mol. The van der Waals surface area contributed by atoms with E-state index in [9.17, 15) is 8.42 Å². The first kappa shape index (κ1) is 24.2. The molecule has 0 unspecified atom stereocenters. The Morgan fingerprint density at radius 3 is 2.56 bits per heavy atom. The first-order valence-electron chi connectivity index (χ1n) is 12.0. The Morgan fingerprint density at radius 2 is 1.81 bits per heavy atom. The van der Waals surface area contributed by atoms with Gasteiger partial charge in [0.2, 0.25) is 16.8 Å². The molecule has 1 fully saturated rings. The predicted octanol–water partition coefficient (Wildman–Crippen LogP) is 4.23. The van der Waals surface area contributed by atoms with Crippen molar-refractivity contribution in [3.8, 4) is 11.1 Å². The monoisotopic (exact) mass is 503 g/mol. The van der Waals surface area contributed by atoms with Crippen molar-refractivity contribution in [1.29, 1.82) is 0 Å². The standard InChI is InChI=1S/C27H29N5O3S/c1-2-32(36(33)34)24-11-9-21(10-12-24)25-8-4-6-22-18-28-27(30-26(22)25)29-23-7-3-5-20(17-23)19-31-13-15-35-16-14-31/h3-12,17-18,36H,2,13-16,19H2,1H3,(H,28,29,30). The van der Waals surface area contributed by atoms with E-state index in [1.165, 1.54) is 9.87 Å². The van der Waals surface area contributed by atoms with Crippen LogP contribution >= 0.6 is 0 Å². The first-order chi connectivity index (χ1) is 17.6. The number of nitrogens with zero attached hydrogens (tertiary/aromatic N) is 4. The van der Waals surface area contributed by atoms with Crippen LogP contribution in [0.5, 0.6) is 0 Å². The van der Waals surface area contributed by atoms with E-state index in [-0.39, 0.29) is 0 Å². The van der Waals surface area contributed by atoms with Gasteiger partial charge in [-0.2, -0.15) is 0 Å². The van der Waals surface area contributed by atoms with Crippen LogP contribution in [0.3, 0.4) is 0 Å². The summed E-state index contributed by atoms with van der Waals surface area (Å²) in [5.74, 6) is 0.524. The average Bonchev–Trinajstić information content (AvgIpc) is 2.90. The minimum absolute atomic E-state index is 0.391. The molecule has 0 amide bonds. The maximum absolute atomic E-state index is 11.5. The molecule has 1 saturated heterocycles. The number of anilines is 3. The van der Waals surface area contributed by atoms with Crippen LogP contribution in [0.2, 0.25) is 0 Å². The third-order valence-electron chi connectivity index (χ3n) is 6.28. The molecule has 1 N–H and O–H groups in total. The number of aromatic nitrogens is 2. The quantitative estimate of drug-likeness (QED) is 0.348. The number of benzene rings is 3. The maximum Gasteiger partial charge on any atom is 0.227 e. The fourth-order valence-corrected chi connectivity index (χ4v) is 5.00. The zero-order valence-corrected chi connectivity index (χ0v) is 21.0. The smallest absolute Gasteiger partial charge is 0.227 e. The molecule has 1 aromatic heterocycles. The van der Waals surface area contributed by atoms with Crippen LogP contribution in [-0.4, -0.2) is 56.1 Å². The van der Waals surface area contributed by atoms with E-state index >= 15 is 0 Å². The zero-order valence-electron chi connectivity index (χ0n) is 20.1. The Balaban J connectivity index is 1.40. The second-order valence-corrected chi connectivity index (χ2v) is 9.61. The zero-order chi connectivity index (χ0) is 24.9. The molecule has 1 aliphatic rings. The fourth-order valence-electron chi connectivity index (χ4n) is 4.45. The van der Waals surface area contributed by atoms with E-state index < -0.39 is 10.9 Å². The molecule has 0 spiro atoms. The number of morpholine rings is 1. The second kappa shape index (κ2) is 11.0. The van der Waals surface area contributed by atoms with Crippen LogP contribution in [0.1, 0.15) is 12.5 Å². The number of rotatable bonds is 8. The molecule has 0 saturated carbocycles. The Morgan fingerprint density at radius 1 is 1.03 bits per heavy atom. The van der Waals surface area contributed by atoms with Gasteiger partial charge >= 0.3 is 0 Å². The van der Waals surface area contributed by atoms with Crippen molar-refractivity contribution >= 4 is 39.1 Å². The Bertz CT molecular complexity index is 1410. The minimum Gasteiger partial charge on any atom is -0.379 e. The molecule has 3 aromatic carbocycles. The molecule has 0 aliphatic carbocycles. The molecule has 9 heteroatoms. The van der Waals surface area contributed by atoms with Crippen LogP contribution in [-0.2, 0) is 22.2 Å². The van der Waals surface area contributed by atoms with Crippen molar-refractivity contribution in [2.24, 2.45) is 0 Å². The van der Waals surface area contributed by atoms with Gasteiger partial charge in [-0.3, -0.25) is 9.21 Å². The van der Waals surface area contributed by atoms with Gasteiger partial charge < -0.3 is 10.1 Å². The summed E-state index contributed by atoms with van der Waals surface area (Å²) in [5.41, 5.74) is 5.55. The van der Waals surface area contributed by atoms with E-state index in [4.69, 9.17) is 9.72 Å². The minimum atomic E-state index is -2.67. The summed E-state index contributed by atoms with van der Waals surface area (Å²) in [4.78, 5) is 11.8. The van der Waals surface area contributed by atoms with Gasteiger partial charge in [0, 0.05) is 49.0 Å². The summed E-state index contributed by atoms with van der Waals surface area (Å²) in [6.07, 6.45) is 1.82. The van der Waals surface area contributed by atoms with Crippen LogP contribution in [0, 0.1) is 0 Å². The van der Waals surface area contributed by atoms with E-state index in [2.05, 4.69) is 27.3 Å². The van der Waals surface area contributed by atoms with Crippen LogP contribution in [0.25, 0.3) is 22.0 Å². The highest BCUT2D eigenvalue weighted by molar-refractivity contribution is 7.74. The predicted molar refractivity (Wildman–Crippen MR) is 144 cm³/mol. The van der Waals surface area contributed by atoms with Gasteiger partial charge in [0.1, 0.15) is 0 Å². The van der Waals surface area contributed by atoms with Gasteiger partial charge in [0.05, 0.1) is 24.4 Å². The highest BCUT2D eigenvalue weighted by Gasteiger charge is 2.12. The maximum atomic E-state index is 11.5. The van der Waals surface area contributed by atoms with E-state index in [1.807, 2.05) is 67.7 Å². The van der Waals surface area contributed by atoms with Crippen LogP contribution < -0.4 is 9.62 Å². The molecule has 0 atom stereocenters. The van der Waals surface area contributed by atoms with Gasteiger partial charge in [-0.1, -0.05) is 42.5 Å². The SMILES string of the molecule is CCN(c1ccc(-c2cccc3cnc(Nc4cccc(CN5CCOCC5)c4)nc23)cc1)[SH](=O)=O. The number of para-hydroxylation sites is 1. The lowest BCUT2D eigenvalue weighted by Crippen LogP contribution is -2.35. The van der Waals surface area contributed by atoms with Gasteiger partial charge in [0.25, 0.3) is 0 Å². The summed E-state index contributed by atoms with van der Waals surface area (Å²) < 4.78 is 29.8. The van der Waals surface area contributed by atoms with Crippen molar-refractivity contribution in [2.45, 2.75) is 13.5 Å². The number of ether oxygens (including phenoxy) is 1. The summed E-state index contributed by atoms with van der Waals surface area (Å²) in [6.45, 7) is 6.54. The van der Waals surface area contributed by atoms with Gasteiger partial charge in [-0.25, -0.2) is 18.4 Å². The summed E-state index contributed by atoms with van der Waals surface area (Å²) in [5, 5.41) is 4.29. The molecule has 1 aliphatic heterocycles. The topological polar surface area (TPSA) is 87.7 Å². The number of fused-ring (bicyclic) bond motifs is 1. The van der Waals surface area contributed by atoms with Crippen molar-refractivity contribution in [2.75, 3.05) is 42.5 Å². The van der Waals surface area contributed by atoms with Crippen LogP contribution in [0.4, 0.5) is 17.3 Å². The summed E-state index contributed by atoms with van der Waals surface area (Å²) in [7, 11) is -2.67. The highest BCUT2D eigenvalue weighted by atomic mass is 32.2. The van der Waals surface area contributed by atoms with Crippen molar-refractivity contribution < 1.29 is 13.2 Å². The lowest BCUT2D eigenvalue weighted by Gasteiger charge is -2.26. The highest BCUT2D eigenvalue weighted by Crippen LogP contribution is 2.30. The van der Waals surface area contributed by atoms with Gasteiger partial charge in [-0.05, 0) is 42.3 Å². The van der Waals surface area contributed by atoms with E-state index in [0.717, 1.165) is 60.6 Å². The van der Waals surface area contributed by atoms with Crippen molar-refractivity contribution in [3.63, 3.8) is 0 Å². The van der Waals surface area contributed by atoms with Crippen molar-refractivity contribution in [1.82, 2.24) is 14.9 Å². The average molecular weight is 504 g/mol. The second-order valence-electron chi connectivity index (χ2n) is 8.65. The molecule has 5 rings (SSSR count). The summed E-state index contributed by atoms with van der Waals surface area (Å²) >= 11 is 0. The largest absolute Gasteiger partial charge is 0.379 e. The number of hydrogen-bond acceptors (Lipinski definition) is 7. The number of hydrogen-bond donors (Lipinski definition) is 2. The molecule has 186 valence electrons.